The van der Waals surface area contributed by atoms with Gasteiger partial charge in [0.25, 0.3) is 0 Å². The van der Waals surface area contributed by atoms with Crippen LogP contribution in [0.2, 0.25) is 0 Å². The molecular formula is C17H22N2O4S. The van der Waals surface area contributed by atoms with Crippen LogP contribution in [0.4, 0.5) is 0 Å². The minimum Gasteiger partial charge on any atom is -0.388 e. The second kappa shape index (κ2) is 6.31. The highest BCUT2D eigenvalue weighted by Gasteiger charge is 2.49. The van der Waals surface area contributed by atoms with Crippen molar-refractivity contribution >= 4 is 10.0 Å². The number of benzene rings is 1. The Morgan fingerprint density at radius 3 is 2.62 bits per heavy atom. The monoisotopic (exact) mass is 350 g/mol. The summed E-state index contributed by atoms with van der Waals surface area (Å²) in [4.78, 5) is 0.285. The van der Waals surface area contributed by atoms with Gasteiger partial charge in [0.2, 0.25) is 10.0 Å². The number of aliphatic hydroxyl groups excluding tert-OH is 1. The average Bonchev–Trinajstić information content (AvgIpc) is 3.02. The molecule has 130 valence electrons. The van der Waals surface area contributed by atoms with E-state index in [4.69, 9.17) is 9.63 Å². The third-order valence-electron chi connectivity index (χ3n) is 5.04. The standard InChI is InChI=1S/C17H22N2O4S/c1-17(2)12(8-13-10-14(11-20)23-18-13)9-16(17)19-24(21,22)15-6-4-3-5-7-15/h3-7,10,12,16,19-20H,8-9,11H2,1-2H3/t12-,16+/m1/s1. The summed E-state index contributed by atoms with van der Waals surface area (Å²) in [5, 5.41) is 13.0. The Labute approximate surface area is 141 Å². The Balaban J connectivity index is 1.65. The normalized spacial score (nSPS) is 23.0. The quantitative estimate of drug-likeness (QED) is 0.832. The summed E-state index contributed by atoms with van der Waals surface area (Å²) >= 11 is 0. The Kier molecular flexibility index (Phi) is 4.50. The summed E-state index contributed by atoms with van der Waals surface area (Å²) in [5.41, 5.74) is 0.613. The molecule has 0 unspecified atom stereocenters. The van der Waals surface area contributed by atoms with E-state index in [2.05, 4.69) is 23.7 Å². The molecule has 1 fully saturated rings. The maximum atomic E-state index is 12.5. The molecule has 24 heavy (non-hydrogen) atoms. The number of sulfonamides is 1. The topological polar surface area (TPSA) is 92.4 Å². The average molecular weight is 350 g/mol. The van der Waals surface area contributed by atoms with Crippen molar-refractivity contribution in [3.8, 4) is 0 Å². The van der Waals surface area contributed by atoms with Crippen molar-refractivity contribution in [3.63, 3.8) is 0 Å². The Hall–Kier alpha value is -1.70. The minimum atomic E-state index is -3.50. The van der Waals surface area contributed by atoms with Gasteiger partial charge in [0.05, 0.1) is 10.6 Å². The van der Waals surface area contributed by atoms with Crippen molar-refractivity contribution in [3.05, 3.63) is 47.9 Å². The maximum Gasteiger partial charge on any atom is 0.240 e. The van der Waals surface area contributed by atoms with E-state index in [1.165, 1.54) is 0 Å². The van der Waals surface area contributed by atoms with Gasteiger partial charge in [-0.2, -0.15) is 0 Å². The molecule has 3 rings (SSSR count). The summed E-state index contributed by atoms with van der Waals surface area (Å²) in [6.07, 6.45) is 1.46. The van der Waals surface area contributed by atoms with Gasteiger partial charge in [-0.1, -0.05) is 37.2 Å². The summed E-state index contributed by atoms with van der Waals surface area (Å²) < 4.78 is 32.8. The Morgan fingerprint density at radius 2 is 2.04 bits per heavy atom. The lowest BCUT2D eigenvalue weighted by molar-refractivity contribution is 0.0270. The van der Waals surface area contributed by atoms with E-state index < -0.39 is 10.0 Å². The van der Waals surface area contributed by atoms with Gasteiger partial charge in [-0.3, -0.25) is 0 Å². The van der Waals surface area contributed by atoms with Crippen molar-refractivity contribution in [1.29, 1.82) is 0 Å². The zero-order chi connectivity index (χ0) is 17.4. The predicted octanol–water partition coefficient (Wildman–Crippen LogP) is 2.10. The van der Waals surface area contributed by atoms with Crippen LogP contribution in [-0.4, -0.2) is 24.7 Å². The lowest BCUT2D eigenvalue weighted by Gasteiger charge is -2.52. The molecule has 6 nitrogen and oxygen atoms in total. The second-order valence-electron chi connectivity index (χ2n) is 6.89. The van der Waals surface area contributed by atoms with Crippen LogP contribution in [-0.2, 0) is 23.1 Å². The molecule has 0 spiro atoms. The summed E-state index contributed by atoms with van der Waals surface area (Å²) in [6, 6.07) is 10.0. The van der Waals surface area contributed by atoms with Crippen molar-refractivity contribution in [2.75, 3.05) is 0 Å². The van der Waals surface area contributed by atoms with Crippen LogP contribution < -0.4 is 4.72 Å². The van der Waals surface area contributed by atoms with E-state index in [0.29, 0.717) is 18.1 Å². The largest absolute Gasteiger partial charge is 0.388 e. The SMILES string of the molecule is CC1(C)[C@H](Cc2cc(CO)on2)C[C@@H]1NS(=O)(=O)c1ccccc1. The molecule has 1 heterocycles. The highest BCUT2D eigenvalue weighted by Crippen LogP contribution is 2.48. The zero-order valence-electron chi connectivity index (χ0n) is 13.8. The van der Waals surface area contributed by atoms with E-state index in [-0.39, 0.29) is 23.0 Å². The van der Waals surface area contributed by atoms with E-state index in [9.17, 15) is 8.42 Å². The Morgan fingerprint density at radius 1 is 1.33 bits per heavy atom. The fourth-order valence-electron chi connectivity index (χ4n) is 3.20. The number of nitrogens with one attached hydrogen (secondary N) is 1. The van der Waals surface area contributed by atoms with Gasteiger partial charge in [-0.15, -0.1) is 0 Å². The lowest BCUT2D eigenvalue weighted by Crippen LogP contribution is -2.58. The summed E-state index contributed by atoms with van der Waals surface area (Å²) in [6.45, 7) is 3.96. The molecule has 7 heteroatoms. The highest BCUT2D eigenvalue weighted by molar-refractivity contribution is 7.89. The molecule has 1 aromatic heterocycles. The molecule has 2 N–H and O–H groups in total. The van der Waals surface area contributed by atoms with Crippen LogP contribution in [0.15, 0.2) is 45.8 Å². The molecule has 2 atom stereocenters. The molecule has 2 aromatic rings. The maximum absolute atomic E-state index is 12.5. The van der Waals surface area contributed by atoms with Gasteiger partial charge < -0.3 is 9.63 Å². The summed E-state index contributed by atoms with van der Waals surface area (Å²) in [5.74, 6) is 0.751. The first-order chi connectivity index (χ1) is 11.3. The van der Waals surface area contributed by atoms with Crippen molar-refractivity contribution in [2.24, 2.45) is 11.3 Å². The van der Waals surface area contributed by atoms with Gasteiger partial charge in [0.15, 0.2) is 5.76 Å². The number of rotatable bonds is 6. The fourth-order valence-corrected chi connectivity index (χ4v) is 4.62. The zero-order valence-corrected chi connectivity index (χ0v) is 14.6. The van der Waals surface area contributed by atoms with Gasteiger partial charge >= 0.3 is 0 Å². The summed E-state index contributed by atoms with van der Waals surface area (Å²) in [7, 11) is -3.50. The molecule has 0 bridgehead atoms. The smallest absolute Gasteiger partial charge is 0.240 e. The molecule has 1 aliphatic carbocycles. The van der Waals surface area contributed by atoms with Gasteiger partial charge in [0.1, 0.15) is 6.61 Å². The van der Waals surface area contributed by atoms with Crippen LogP contribution >= 0.6 is 0 Å². The molecule has 0 aliphatic heterocycles. The number of aromatic nitrogens is 1. The van der Waals surface area contributed by atoms with Gasteiger partial charge in [-0.25, -0.2) is 13.1 Å². The predicted molar refractivity (Wildman–Crippen MR) is 88.6 cm³/mol. The molecule has 1 aromatic carbocycles. The fraction of sp³-hybridized carbons (Fsp3) is 0.471. The number of nitrogens with zero attached hydrogens (tertiary/aromatic N) is 1. The first kappa shape index (κ1) is 17.1. The first-order valence-corrected chi connectivity index (χ1v) is 9.44. The molecular weight excluding hydrogens is 328 g/mol. The van der Waals surface area contributed by atoms with Crippen molar-refractivity contribution < 1.29 is 18.0 Å². The number of hydrogen-bond donors (Lipinski definition) is 2. The second-order valence-corrected chi connectivity index (χ2v) is 8.60. The molecule has 1 saturated carbocycles. The third kappa shape index (κ3) is 3.24. The van der Waals surface area contributed by atoms with Crippen molar-refractivity contribution in [2.45, 2.75) is 44.2 Å². The Bertz CT molecular complexity index is 799. The number of aliphatic hydroxyl groups is 1. The van der Waals surface area contributed by atoms with E-state index in [0.717, 1.165) is 12.1 Å². The van der Waals surface area contributed by atoms with Crippen molar-refractivity contribution in [1.82, 2.24) is 9.88 Å². The first-order valence-electron chi connectivity index (χ1n) is 7.95. The molecule has 0 amide bonds. The minimum absolute atomic E-state index is 0.114. The van der Waals surface area contributed by atoms with E-state index >= 15 is 0 Å². The number of hydrogen-bond acceptors (Lipinski definition) is 5. The van der Waals surface area contributed by atoms with Crippen LogP contribution in [0.3, 0.4) is 0 Å². The molecule has 0 radical (unpaired) electrons. The molecule has 1 aliphatic rings. The lowest BCUT2D eigenvalue weighted by atomic mass is 9.57. The van der Waals surface area contributed by atoms with Crippen LogP contribution in [0.1, 0.15) is 31.7 Å². The van der Waals surface area contributed by atoms with E-state index in [1.807, 2.05) is 0 Å². The van der Waals surface area contributed by atoms with Crippen LogP contribution in [0.5, 0.6) is 0 Å². The van der Waals surface area contributed by atoms with Gasteiger partial charge in [0, 0.05) is 12.1 Å². The highest BCUT2D eigenvalue weighted by atomic mass is 32.2. The third-order valence-corrected chi connectivity index (χ3v) is 6.53. The molecule has 0 saturated heterocycles. The van der Waals surface area contributed by atoms with Crippen LogP contribution in [0.25, 0.3) is 0 Å². The van der Waals surface area contributed by atoms with Crippen LogP contribution in [0, 0.1) is 11.3 Å². The van der Waals surface area contributed by atoms with Gasteiger partial charge in [-0.05, 0) is 36.3 Å². The van der Waals surface area contributed by atoms with E-state index in [1.54, 1.807) is 36.4 Å².